The van der Waals surface area contributed by atoms with Gasteiger partial charge in [-0.25, -0.2) is 0 Å². The molecule has 0 aromatic heterocycles. The van der Waals surface area contributed by atoms with Crippen molar-refractivity contribution in [2.75, 3.05) is 13.7 Å². The number of ether oxygens (including phenoxy) is 1. The van der Waals surface area contributed by atoms with Crippen molar-refractivity contribution in [3.8, 4) is 0 Å². The van der Waals surface area contributed by atoms with E-state index in [1.807, 2.05) is 0 Å². The monoisotopic (exact) mass is 145 g/mol. The number of rotatable bonds is 1. The largest absolute Gasteiger partial charge is 0.468 e. The summed E-state index contributed by atoms with van der Waals surface area (Å²) in [6.45, 7) is 0.944. The second-order valence-corrected chi connectivity index (χ2v) is 2.17. The summed E-state index contributed by atoms with van der Waals surface area (Å²) < 4.78 is 4.53. The Morgan fingerprint density at radius 3 is 2.80 bits per heavy atom. The molecule has 1 rings (SSSR count). The standard InChI is InChI=1S/C6H11NO2.CH4/c1-9-6(8)5-3-2-4-7-5;/h5,7H,2-4H2,1H3;1H4. The van der Waals surface area contributed by atoms with Crippen LogP contribution < -0.4 is 5.32 Å². The summed E-state index contributed by atoms with van der Waals surface area (Å²) in [5.74, 6) is -0.132. The van der Waals surface area contributed by atoms with Gasteiger partial charge in [0, 0.05) is 0 Å². The van der Waals surface area contributed by atoms with Gasteiger partial charge in [0.2, 0.25) is 0 Å². The Labute approximate surface area is 61.8 Å². The zero-order chi connectivity index (χ0) is 6.69. The van der Waals surface area contributed by atoms with E-state index in [9.17, 15) is 4.79 Å². The molecule has 0 amide bonds. The van der Waals surface area contributed by atoms with E-state index < -0.39 is 0 Å². The van der Waals surface area contributed by atoms with Gasteiger partial charge in [-0.1, -0.05) is 7.43 Å². The highest BCUT2D eigenvalue weighted by Crippen LogP contribution is 2.05. The number of methoxy groups -OCH3 is 1. The predicted octanol–water partition coefficient (Wildman–Crippen LogP) is 0.547. The summed E-state index contributed by atoms with van der Waals surface area (Å²) in [6, 6.07) is -0.0324. The van der Waals surface area contributed by atoms with E-state index >= 15 is 0 Å². The molecule has 1 aliphatic heterocycles. The molecule has 1 fully saturated rings. The lowest BCUT2D eigenvalue weighted by molar-refractivity contribution is -0.142. The van der Waals surface area contributed by atoms with Gasteiger partial charge in [0.05, 0.1) is 7.11 Å². The maximum absolute atomic E-state index is 10.7. The molecule has 0 saturated carbocycles. The average molecular weight is 145 g/mol. The van der Waals surface area contributed by atoms with Crippen molar-refractivity contribution in [1.29, 1.82) is 0 Å². The smallest absolute Gasteiger partial charge is 0.322 e. The van der Waals surface area contributed by atoms with Crippen LogP contribution in [0.1, 0.15) is 20.3 Å². The fraction of sp³-hybridized carbons (Fsp3) is 0.857. The molecule has 1 atom stereocenters. The average Bonchev–Trinajstić information content (AvgIpc) is 2.37. The molecule has 3 heteroatoms. The van der Waals surface area contributed by atoms with Crippen molar-refractivity contribution in [2.24, 2.45) is 0 Å². The lowest BCUT2D eigenvalue weighted by Crippen LogP contribution is -2.31. The zero-order valence-corrected chi connectivity index (χ0v) is 5.52. The molecule has 0 aliphatic carbocycles. The van der Waals surface area contributed by atoms with Crippen molar-refractivity contribution < 1.29 is 9.53 Å². The van der Waals surface area contributed by atoms with Gasteiger partial charge in [-0.3, -0.25) is 4.79 Å². The fourth-order valence-corrected chi connectivity index (χ4v) is 1.03. The molecule has 1 saturated heterocycles. The van der Waals surface area contributed by atoms with Crippen LogP contribution in [0.5, 0.6) is 0 Å². The number of esters is 1. The van der Waals surface area contributed by atoms with Crippen LogP contribution in [0.3, 0.4) is 0 Å². The van der Waals surface area contributed by atoms with Crippen LogP contribution in [0, 0.1) is 0 Å². The summed E-state index contributed by atoms with van der Waals surface area (Å²) in [6.07, 6.45) is 2.01. The molecule has 0 aromatic rings. The van der Waals surface area contributed by atoms with Gasteiger partial charge in [-0.15, -0.1) is 0 Å². The Balaban J connectivity index is 0.000000810. The molecule has 0 radical (unpaired) electrons. The maximum atomic E-state index is 10.7. The molecule has 60 valence electrons. The molecule has 1 aliphatic rings. The van der Waals surface area contributed by atoms with Crippen molar-refractivity contribution in [3.05, 3.63) is 0 Å². The highest BCUT2D eigenvalue weighted by atomic mass is 16.5. The third-order valence-electron chi connectivity index (χ3n) is 1.55. The molecule has 1 heterocycles. The molecule has 1 N–H and O–H groups in total. The number of carbonyl (C=O) groups excluding carboxylic acids is 1. The second kappa shape index (κ2) is 4.28. The molecule has 1 unspecified atom stereocenters. The third kappa shape index (κ3) is 1.99. The van der Waals surface area contributed by atoms with Gasteiger partial charge >= 0.3 is 5.97 Å². The van der Waals surface area contributed by atoms with E-state index in [1.54, 1.807) is 0 Å². The van der Waals surface area contributed by atoms with E-state index in [4.69, 9.17) is 0 Å². The van der Waals surface area contributed by atoms with Crippen molar-refractivity contribution in [3.63, 3.8) is 0 Å². The third-order valence-corrected chi connectivity index (χ3v) is 1.55. The first kappa shape index (κ1) is 9.43. The molecule has 0 spiro atoms. The van der Waals surface area contributed by atoms with Gasteiger partial charge in [0.15, 0.2) is 0 Å². The second-order valence-electron chi connectivity index (χ2n) is 2.17. The highest BCUT2D eigenvalue weighted by molar-refractivity contribution is 5.75. The van der Waals surface area contributed by atoms with Gasteiger partial charge < -0.3 is 10.1 Å². The summed E-state index contributed by atoms with van der Waals surface area (Å²) in [5.41, 5.74) is 0. The quantitative estimate of drug-likeness (QED) is 0.547. The van der Waals surface area contributed by atoms with Gasteiger partial charge in [0.25, 0.3) is 0 Å². The Morgan fingerprint density at radius 1 is 1.70 bits per heavy atom. The minimum atomic E-state index is -0.132. The molecular weight excluding hydrogens is 130 g/mol. The lowest BCUT2D eigenvalue weighted by atomic mass is 10.2. The topological polar surface area (TPSA) is 38.3 Å². The number of carbonyl (C=O) groups is 1. The van der Waals surface area contributed by atoms with E-state index in [2.05, 4.69) is 10.1 Å². The van der Waals surface area contributed by atoms with Crippen LogP contribution in [0.2, 0.25) is 0 Å². The number of hydrogen-bond donors (Lipinski definition) is 1. The van der Waals surface area contributed by atoms with Crippen LogP contribution >= 0.6 is 0 Å². The Kier molecular flexibility index (Phi) is 4.03. The highest BCUT2D eigenvalue weighted by Gasteiger charge is 2.21. The van der Waals surface area contributed by atoms with Crippen LogP contribution in [0.4, 0.5) is 0 Å². The normalized spacial score (nSPS) is 23.5. The molecule has 0 aromatic carbocycles. The zero-order valence-electron chi connectivity index (χ0n) is 5.52. The SMILES string of the molecule is C.COC(=O)C1CCCN1. The minimum absolute atomic E-state index is 0. The van der Waals surface area contributed by atoms with Gasteiger partial charge in [0.1, 0.15) is 6.04 Å². The molecule has 3 nitrogen and oxygen atoms in total. The van der Waals surface area contributed by atoms with Crippen LogP contribution in [0.15, 0.2) is 0 Å². The van der Waals surface area contributed by atoms with Crippen molar-refractivity contribution >= 4 is 5.97 Å². The minimum Gasteiger partial charge on any atom is -0.468 e. The van der Waals surface area contributed by atoms with Gasteiger partial charge in [-0.2, -0.15) is 0 Å². The van der Waals surface area contributed by atoms with Crippen molar-refractivity contribution in [2.45, 2.75) is 26.3 Å². The Morgan fingerprint density at radius 2 is 2.40 bits per heavy atom. The Bertz CT molecular complexity index is 108. The molecule has 0 bridgehead atoms. The molecule has 10 heavy (non-hydrogen) atoms. The first-order valence-corrected chi connectivity index (χ1v) is 3.16. The summed E-state index contributed by atoms with van der Waals surface area (Å²) >= 11 is 0. The fourth-order valence-electron chi connectivity index (χ4n) is 1.03. The Hall–Kier alpha value is -0.570. The first-order valence-electron chi connectivity index (χ1n) is 3.16. The summed E-state index contributed by atoms with van der Waals surface area (Å²) in [5, 5.41) is 3.03. The van der Waals surface area contributed by atoms with E-state index in [0.29, 0.717) is 0 Å². The van der Waals surface area contributed by atoms with Crippen LogP contribution in [-0.4, -0.2) is 25.7 Å². The van der Waals surface area contributed by atoms with Crippen LogP contribution in [-0.2, 0) is 9.53 Å². The number of nitrogens with one attached hydrogen (secondary N) is 1. The van der Waals surface area contributed by atoms with E-state index in [1.165, 1.54) is 7.11 Å². The predicted molar refractivity (Wildman–Crippen MR) is 39.8 cm³/mol. The van der Waals surface area contributed by atoms with Crippen LogP contribution in [0.25, 0.3) is 0 Å². The first-order chi connectivity index (χ1) is 4.34. The van der Waals surface area contributed by atoms with E-state index in [0.717, 1.165) is 19.4 Å². The van der Waals surface area contributed by atoms with Crippen molar-refractivity contribution in [1.82, 2.24) is 5.32 Å². The number of hydrogen-bond acceptors (Lipinski definition) is 3. The van der Waals surface area contributed by atoms with Gasteiger partial charge in [-0.05, 0) is 19.4 Å². The summed E-state index contributed by atoms with van der Waals surface area (Å²) in [4.78, 5) is 10.7. The van der Waals surface area contributed by atoms with E-state index in [-0.39, 0.29) is 19.4 Å². The maximum Gasteiger partial charge on any atom is 0.322 e. The molecular formula is C7H15NO2. The lowest BCUT2D eigenvalue weighted by Gasteiger charge is -2.04. The summed E-state index contributed by atoms with van der Waals surface area (Å²) in [7, 11) is 1.42.